The molecule has 0 aliphatic carbocycles. The van der Waals surface area contributed by atoms with Gasteiger partial charge in [0.1, 0.15) is 18.4 Å². The average molecular weight is 553 g/mol. The Hall–Kier alpha value is -4.30. The van der Waals surface area contributed by atoms with Crippen molar-refractivity contribution in [3.05, 3.63) is 113 Å². The summed E-state index contributed by atoms with van der Waals surface area (Å²) in [5.74, 6) is -2.72. The number of carbonyl (C=O) groups is 2. The van der Waals surface area contributed by atoms with Crippen molar-refractivity contribution in [3.8, 4) is 0 Å². The van der Waals surface area contributed by atoms with Crippen molar-refractivity contribution in [3.63, 3.8) is 0 Å². The van der Waals surface area contributed by atoms with Crippen molar-refractivity contribution in [1.29, 1.82) is 0 Å². The second-order valence-corrected chi connectivity index (χ2v) is 10.6. The van der Waals surface area contributed by atoms with Crippen molar-refractivity contribution >= 4 is 17.8 Å². The van der Waals surface area contributed by atoms with E-state index >= 15 is 0 Å². The summed E-state index contributed by atoms with van der Waals surface area (Å²) in [4.78, 5) is 37.3. The van der Waals surface area contributed by atoms with E-state index in [-0.39, 0.29) is 23.4 Å². The molecule has 8 heteroatoms. The highest BCUT2D eigenvalue weighted by Gasteiger charge is 2.44. The molecule has 8 nitrogen and oxygen atoms in total. The molecule has 1 saturated heterocycles. The Morgan fingerprint density at radius 2 is 1.56 bits per heavy atom. The van der Waals surface area contributed by atoms with Crippen molar-refractivity contribution in [2.75, 3.05) is 33.4 Å². The third kappa shape index (κ3) is 5.79. The summed E-state index contributed by atoms with van der Waals surface area (Å²) in [6, 6.07) is 26.8. The van der Waals surface area contributed by atoms with E-state index in [0.29, 0.717) is 17.9 Å². The summed E-state index contributed by atoms with van der Waals surface area (Å²) in [6.45, 7) is 4.29. The first kappa shape index (κ1) is 28.2. The van der Waals surface area contributed by atoms with Crippen LogP contribution in [0.15, 0.2) is 101 Å². The summed E-state index contributed by atoms with van der Waals surface area (Å²) in [5.41, 5.74) is 10.0. The van der Waals surface area contributed by atoms with E-state index in [9.17, 15) is 9.59 Å². The first-order valence-corrected chi connectivity index (χ1v) is 14.0. The van der Waals surface area contributed by atoms with Crippen molar-refractivity contribution in [2.24, 2.45) is 16.6 Å². The molecule has 1 fully saturated rings. The van der Waals surface area contributed by atoms with Crippen LogP contribution in [-0.2, 0) is 24.5 Å². The van der Waals surface area contributed by atoms with Crippen LogP contribution in [0.5, 0.6) is 0 Å². The third-order valence-corrected chi connectivity index (χ3v) is 8.33. The lowest BCUT2D eigenvalue weighted by Crippen LogP contribution is -2.44. The molecule has 2 N–H and O–H groups in total. The van der Waals surface area contributed by atoms with Gasteiger partial charge in [-0.3, -0.25) is 14.7 Å². The second-order valence-electron chi connectivity index (χ2n) is 10.6. The van der Waals surface area contributed by atoms with Crippen LogP contribution in [0.4, 0.5) is 0 Å². The predicted molar refractivity (Wildman–Crippen MR) is 157 cm³/mol. The zero-order valence-electron chi connectivity index (χ0n) is 23.5. The molecule has 0 saturated carbocycles. The van der Waals surface area contributed by atoms with Gasteiger partial charge in [0.05, 0.1) is 24.3 Å². The van der Waals surface area contributed by atoms with E-state index in [0.717, 1.165) is 25.9 Å². The maximum Gasteiger partial charge on any atom is 0.336 e. The number of aromatic nitrogens is 1. The Bertz CT molecular complexity index is 1370. The molecule has 5 rings (SSSR count). The number of esters is 2. The van der Waals surface area contributed by atoms with Crippen molar-refractivity contribution in [1.82, 2.24) is 9.88 Å². The van der Waals surface area contributed by atoms with Crippen LogP contribution in [0.3, 0.4) is 0 Å². The summed E-state index contributed by atoms with van der Waals surface area (Å²) in [7, 11) is 1.29. The Morgan fingerprint density at radius 1 is 0.951 bits per heavy atom. The number of amidine groups is 1. The van der Waals surface area contributed by atoms with E-state index in [1.165, 1.54) is 18.2 Å². The van der Waals surface area contributed by atoms with E-state index in [2.05, 4.69) is 75.5 Å². The zero-order valence-corrected chi connectivity index (χ0v) is 23.5. The topological polar surface area (TPSA) is 107 Å². The number of piperidine rings is 1. The molecular weight excluding hydrogens is 516 g/mol. The molecule has 2 aliphatic heterocycles. The number of rotatable bonds is 8. The molecule has 212 valence electrons. The second kappa shape index (κ2) is 12.5. The Morgan fingerprint density at radius 3 is 2.12 bits per heavy atom. The molecule has 1 aromatic heterocycles. The molecule has 3 heterocycles. The number of nitrogens with zero attached hydrogens (tertiary/aromatic N) is 3. The fraction of sp³-hybridized carbons (Fsp3) is 0.333. The maximum atomic E-state index is 13.5. The molecule has 41 heavy (non-hydrogen) atoms. The number of hydrogen-bond acceptors (Lipinski definition) is 8. The standard InChI is InChI=1S/C33H36N4O4/c1-23-27(28(26-15-9-10-18-35-26)29(30(34)36-23)31(38)40-2)32(39)41-22-21-37-19-16-33(17-20-37,24-11-5-3-6-12-24)25-13-7-4-8-14-25/h3-15,18,28-29H,16-17,19-22H2,1-2H3,(H2,34,36). The molecule has 3 aromatic rings. The number of aliphatic imine (C=N–C) groups is 1. The molecule has 0 amide bonds. The molecule has 0 spiro atoms. The van der Waals surface area contributed by atoms with E-state index in [1.807, 2.05) is 0 Å². The Balaban J connectivity index is 1.27. The first-order chi connectivity index (χ1) is 19.9. The number of likely N-dealkylation sites (tertiary alicyclic amines) is 1. The van der Waals surface area contributed by atoms with Gasteiger partial charge in [-0.15, -0.1) is 0 Å². The van der Waals surface area contributed by atoms with Gasteiger partial charge in [-0.05, 0) is 56.1 Å². The molecule has 2 atom stereocenters. The van der Waals surface area contributed by atoms with Crippen molar-refractivity contribution in [2.45, 2.75) is 31.1 Å². The molecule has 0 radical (unpaired) electrons. The smallest absolute Gasteiger partial charge is 0.336 e. The minimum absolute atomic E-state index is 0.0452. The number of allylic oxidation sites excluding steroid dienone is 1. The van der Waals surface area contributed by atoms with Gasteiger partial charge in [0.15, 0.2) is 0 Å². The van der Waals surface area contributed by atoms with Gasteiger partial charge in [0, 0.05) is 23.9 Å². The minimum Gasteiger partial charge on any atom is -0.468 e. The number of pyridine rings is 1. The van der Waals surface area contributed by atoms with Crippen molar-refractivity contribution < 1.29 is 19.1 Å². The van der Waals surface area contributed by atoms with E-state index in [4.69, 9.17) is 15.2 Å². The van der Waals surface area contributed by atoms with Gasteiger partial charge in [0.25, 0.3) is 0 Å². The fourth-order valence-electron chi connectivity index (χ4n) is 6.18. The van der Waals surface area contributed by atoms with E-state index in [1.54, 1.807) is 31.3 Å². The van der Waals surface area contributed by atoms with Crippen LogP contribution in [0.1, 0.15) is 42.5 Å². The number of hydrogen-bond donors (Lipinski definition) is 1. The largest absolute Gasteiger partial charge is 0.468 e. The summed E-state index contributed by atoms with van der Waals surface area (Å²) >= 11 is 0. The van der Waals surface area contributed by atoms with Gasteiger partial charge in [0.2, 0.25) is 0 Å². The summed E-state index contributed by atoms with van der Waals surface area (Å²) < 4.78 is 10.8. The lowest BCUT2D eigenvalue weighted by Gasteiger charge is -2.43. The van der Waals surface area contributed by atoms with Gasteiger partial charge in [-0.2, -0.15) is 0 Å². The molecule has 2 aliphatic rings. The van der Waals surface area contributed by atoms with Crippen LogP contribution in [0.25, 0.3) is 0 Å². The number of ether oxygens (including phenoxy) is 2. The maximum absolute atomic E-state index is 13.5. The van der Waals surface area contributed by atoms with Gasteiger partial charge in [-0.25, -0.2) is 9.79 Å². The zero-order chi connectivity index (χ0) is 28.8. The monoisotopic (exact) mass is 552 g/mol. The average Bonchev–Trinajstić information content (AvgIpc) is 3.02. The van der Waals surface area contributed by atoms with Crippen LogP contribution < -0.4 is 5.73 Å². The Labute approximate surface area is 240 Å². The van der Waals surface area contributed by atoms with Crippen LogP contribution in [-0.4, -0.2) is 61.0 Å². The minimum atomic E-state index is -0.965. The number of benzene rings is 2. The highest BCUT2D eigenvalue weighted by molar-refractivity contribution is 6.06. The lowest BCUT2D eigenvalue weighted by atomic mass is 9.68. The fourth-order valence-corrected chi connectivity index (χ4v) is 6.18. The lowest BCUT2D eigenvalue weighted by molar-refractivity contribution is -0.144. The first-order valence-electron chi connectivity index (χ1n) is 14.0. The van der Waals surface area contributed by atoms with Gasteiger partial charge < -0.3 is 15.2 Å². The number of methoxy groups -OCH3 is 1. The molecular formula is C33H36N4O4. The number of carbonyl (C=O) groups excluding carboxylic acids is 2. The summed E-state index contributed by atoms with van der Waals surface area (Å²) in [6.07, 6.45) is 3.55. The SMILES string of the molecule is COC(=O)C1C(N)=NC(C)=C(C(=O)OCCN2CCC(c3ccccc3)(c3ccccc3)CC2)C1c1ccccn1. The third-order valence-electron chi connectivity index (χ3n) is 8.33. The summed E-state index contributed by atoms with van der Waals surface area (Å²) in [5, 5.41) is 0. The molecule has 0 bridgehead atoms. The predicted octanol–water partition coefficient (Wildman–Crippen LogP) is 4.22. The quantitative estimate of drug-likeness (QED) is 0.417. The van der Waals surface area contributed by atoms with Crippen LogP contribution in [0, 0.1) is 5.92 Å². The normalized spacial score (nSPS) is 20.7. The molecule has 2 aromatic carbocycles. The Kier molecular flexibility index (Phi) is 8.59. The van der Waals surface area contributed by atoms with Crippen LogP contribution >= 0.6 is 0 Å². The van der Waals surface area contributed by atoms with Gasteiger partial charge >= 0.3 is 11.9 Å². The van der Waals surface area contributed by atoms with Gasteiger partial charge in [-0.1, -0.05) is 66.7 Å². The van der Waals surface area contributed by atoms with E-state index < -0.39 is 23.8 Å². The van der Waals surface area contributed by atoms with Crippen LogP contribution in [0.2, 0.25) is 0 Å². The highest BCUT2D eigenvalue weighted by Crippen LogP contribution is 2.42. The highest BCUT2D eigenvalue weighted by atomic mass is 16.5. The number of nitrogens with two attached hydrogens (primary N) is 1. The molecule has 2 unspecified atom stereocenters.